The molecule has 0 radical (unpaired) electrons. The van der Waals surface area contributed by atoms with E-state index < -0.39 is 0 Å². The molecule has 0 atom stereocenters. The fourth-order valence-corrected chi connectivity index (χ4v) is 2.70. The van der Waals surface area contributed by atoms with Crippen LogP contribution in [0.25, 0.3) is 11.2 Å². The smallest absolute Gasteiger partial charge is 0.178 e. The molecule has 0 aliphatic carbocycles. The zero-order valence-electron chi connectivity index (χ0n) is 9.73. The van der Waals surface area contributed by atoms with Gasteiger partial charge in [0, 0.05) is 11.9 Å². The highest BCUT2D eigenvalue weighted by atomic mass is 35.5. The van der Waals surface area contributed by atoms with Gasteiger partial charge in [-0.15, -0.1) is 0 Å². The Labute approximate surface area is 118 Å². The lowest BCUT2D eigenvalue weighted by molar-refractivity contribution is 0.617. The monoisotopic (exact) mass is 293 g/mol. The van der Waals surface area contributed by atoms with Crippen LogP contribution in [0.3, 0.4) is 0 Å². The number of aromatic nitrogens is 3. The highest BCUT2D eigenvalue weighted by Crippen LogP contribution is 2.24. The Balaban J connectivity index is 1.80. The van der Waals surface area contributed by atoms with E-state index in [1.807, 2.05) is 6.07 Å². The number of benzene rings is 1. The highest BCUT2D eigenvalue weighted by molar-refractivity contribution is 7.98. The highest BCUT2D eigenvalue weighted by Gasteiger charge is 2.07. The second-order valence-corrected chi connectivity index (χ2v) is 5.35. The van der Waals surface area contributed by atoms with Crippen molar-refractivity contribution in [2.45, 2.75) is 10.9 Å². The average molecular weight is 294 g/mol. The van der Waals surface area contributed by atoms with Crippen LogP contribution in [-0.2, 0) is 5.75 Å². The van der Waals surface area contributed by atoms with Crippen molar-refractivity contribution in [1.82, 2.24) is 15.0 Å². The van der Waals surface area contributed by atoms with E-state index in [0.29, 0.717) is 27.1 Å². The summed E-state index contributed by atoms with van der Waals surface area (Å²) in [4.78, 5) is 11.5. The van der Waals surface area contributed by atoms with E-state index in [4.69, 9.17) is 11.6 Å². The van der Waals surface area contributed by atoms with Gasteiger partial charge in [0.05, 0.1) is 10.5 Å². The zero-order chi connectivity index (χ0) is 13.2. The Morgan fingerprint density at radius 2 is 2.16 bits per heavy atom. The summed E-state index contributed by atoms with van der Waals surface area (Å²) >= 11 is 7.28. The van der Waals surface area contributed by atoms with Crippen molar-refractivity contribution < 1.29 is 4.39 Å². The number of pyridine rings is 1. The van der Waals surface area contributed by atoms with Gasteiger partial charge < -0.3 is 4.98 Å². The molecular weight excluding hydrogens is 285 g/mol. The third-order valence-electron chi connectivity index (χ3n) is 2.60. The number of thioether (sulfide) groups is 1. The third kappa shape index (κ3) is 2.72. The van der Waals surface area contributed by atoms with Crippen LogP contribution < -0.4 is 0 Å². The summed E-state index contributed by atoms with van der Waals surface area (Å²) < 4.78 is 13.5. The zero-order valence-corrected chi connectivity index (χ0v) is 11.3. The van der Waals surface area contributed by atoms with Crippen molar-refractivity contribution in [3.63, 3.8) is 0 Å². The molecule has 1 aromatic carbocycles. The summed E-state index contributed by atoms with van der Waals surface area (Å²) in [6.45, 7) is 0. The summed E-state index contributed by atoms with van der Waals surface area (Å²) in [5, 5.41) is 1.26. The predicted molar refractivity (Wildman–Crippen MR) is 74.9 cm³/mol. The van der Waals surface area contributed by atoms with Crippen LogP contribution in [-0.4, -0.2) is 15.0 Å². The number of rotatable bonds is 3. The van der Waals surface area contributed by atoms with Crippen LogP contribution in [0, 0.1) is 5.82 Å². The maximum Gasteiger partial charge on any atom is 0.178 e. The molecule has 0 saturated heterocycles. The molecule has 3 aromatic rings. The summed E-state index contributed by atoms with van der Waals surface area (Å²) in [6, 6.07) is 8.48. The first-order valence-corrected chi connectivity index (χ1v) is 6.96. The lowest BCUT2D eigenvalue weighted by atomic mass is 10.2. The molecule has 0 amide bonds. The fourth-order valence-electron chi connectivity index (χ4n) is 1.68. The SMILES string of the molecule is Fc1ccccc1CSc1nc2ncc(Cl)cc2[nH]1. The Morgan fingerprint density at radius 1 is 1.32 bits per heavy atom. The first kappa shape index (κ1) is 12.4. The molecule has 3 rings (SSSR count). The molecule has 2 heterocycles. The summed E-state index contributed by atoms with van der Waals surface area (Å²) in [5.74, 6) is 0.313. The first-order chi connectivity index (χ1) is 9.22. The van der Waals surface area contributed by atoms with Gasteiger partial charge >= 0.3 is 0 Å². The molecule has 0 spiro atoms. The second kappa shape index (κ2) is 5.19. The number of hydrogen-bond acceptors (Lipinski definition) is 3. The van der Waals surface area contributed by atoms with Gasteiger partial charge in [0.15, 0.2) is 10.8 Å². The van der Waals surface area contributed by atoms with Crippen LogP contribution in [0.2, 0.25) is 5.02 Å². The summed E-state index contributed by atoms with van der Waals surface area (Å²) in [6.07, 6.45) is 1.55. The number of nitrogens with zero attached hydrogens (tertiary/aromatic N) is 2. The van der Waals surface area contributed by atoms with Crippen LogP contribution in [0.5, 0.6) is 0 Å². The van der Waals surface area contributed by atoms with Crippen molar-refractivity contribution >= 4 is 34.5 Å². The van der Waals surface area contributed by atoms with Crippen LogP contribution in [0.1, 0.15) is 5.56 Å². The van der Waals surface area contributed by atoms with E-state index in [1.54, 1.807) is 24.4 Å². The predicted octanol–water partition coefficient (Wildman–Crippen LogP) is 4.04. The van der Waals surface area contributed by atoms with Crippen molar-refractivity contribution in [1.29, 1.82) is 0 Å². The van der Waals surface area contributed by atoms with Gasteiger partial charge in [-0.2, -0.15) is 0 Å². The van der Waals surface area contributed by atoms with Gasteiger partial charge in [0.2, 0.25) is 0 Å². The molecule has 0 unspecified atom stereocenters. The van der Waals surface area contributed by atoms with Gasteiger partial charge in [-0.05, 0) is 17.7 Å². The van der Waals surface area contributed by atoms with Gasteiger partial charge in [-0.25, -0.2) is 14.4 Å². The number of aromatic amines is 1. The van der Waals surface area contributed by atoms with E-state index in [-0.39, 0.29) is 5.82 Å². The van der Waals surface area contributed by atoms with Crippen molar-refractivity contribution in [3.05, 3.63) is 52.9 Å². The van der Waals surface area contributed by atoms with E-state index in [2.05, 4.69) is 15.0 Å². The van der Waals surface area contributed by atoms with E-state index in [1.165, 1.54) is 17.8 Å². The molecular formula is C13H9ClFN3S. The van der Waals surface area contributed by atoms with Gasteiger partial charge in [0.25, 0.3) is 0 Å². The molecule has 0 fully saturated rings. The van der Waals surface area contributed by atoms with Crippen molar-refractivity contribution in [2.75, 3.05) is 0 Å². The topological polar surface area (TPSA) is 41.6 Å². The van der Waals surface area contributed by atoms with Crippen molar-refractivity contribution in [2.24, 2.45) is 0 Å². The van der Waals surface area contributed by atoms with E-state index in [0.717, 1.165) is 5.52 Å². The molecule has 0 aliphatic heterocycles. The minimum Gasteiger partial charge on any atom is -0.331 e. The van der Waals surface area contributed by atoms with Crippen LogP contribution in [0.4, 0.5) is 4.39 Å². The number of imidazole rings is 1. The molecule has 0 saturated carbocycles. The second-order valence-electron chi connectivity index (χ2n) is 3.95. The summed E-state index contributed by atoms with van der Waals surface area (Å²) in [7, 11) is 0. The van der Waals surface area contributed by atoms with Crippen LogP contribution in [0.15, 0.2) is 41.7 Å². The molecule has 1 N–H and O–H groups in total. The van der Waals surface area contributed by atoms with E-state index in [9.17, 15) is 4.39 Å². The minimum absolute atomic E-state index is 0.202. The molecule has 96 valence electrons. The Morgan fingerprint density at radius 3 is 3.00 bits per heavy atom. The normalized spacial score (nSPS) is 11.1. The van der Waals surface area contributed by atoms with Gasteiger partial charge in [-0.1, -0.05) is 41.6 Å². The van der Waals surface area contributed by atoms with E-state index >= 15 is 0 Å². The summed E-state index contributed by atoms with van der Waals surface area (Å²) in [5.41, 5.74) is 2.04. The number of halogens is 2. The average Bonchev–Trinajstić information content (AvgIpc) is 2.79. The Bertz CT molecular complexity index is 729. The largest absolute Gasteiger partial charge is 0.331 e. The lowest BCUT2D eigenvalue weighted by Crippen LogP contribution is -1.86. The number of nitrogens with one attached hydrogen (secondary N) is 1. The minimum atomic E-state index is -0.202. The fraction of sp³-hybridized carbons (Fsp3) is 0.0769. The maximum atomic E-state index is 13.5. The van der Waals surface area contributed by atoms with Gasteiger partial charge in [0.1, 0.15) is 5.82 Å². The maximum absolute atomic E-state index is 13.5. The Hall–Kier alpha value is -1.59. The molecule has 0 bridgehead atoms. The number of hydrogen-bond donors (Lipinski definition) is 1. The quantitative estimate of drug-likeness (QED) is 0.741. The number of fused-ring (bicyclic) bond motifs is 1. The van der Waals surface area contributed by atoms with Crippen LogP contribution >= 0.6 is 23.4 Å². The lowest BCUT2D eigenvalue weighted by Gasteiger charge is -2.00. The van der Waals surface area contributed by atoms with Gasteiger partial charge in [-0.3, -0.25) is 0 Å². The molecule has 3 nitrogen and oxygen atoms in total. The van der Waals surface area contributed by atoms with Crippen molar-refractivity contribution in [3.8, 4) is 0 Å². The number of H-pyrrole nitrogens is 1. The third-order valence-corrected chi connectivity index (χ3v) is 3.73. The molecule has 6 heteroatoms. The Kier molecular flexibility index (Phi) is 3.40. The first-order valence-electron chi connectivity index (χ1n) is 5.60. The molecule has 19 heavy (non-hydrogen) atoms. The standard InChI is InChI=1S/C13H9ClFN3S/c14-9-5-11-12(16-6-9)18-13(17-11)19-7-8-3-1-2-4-10(8)15/h1-6H,7H2,(H,16,17,18). The molecule has 0 aliphatic rings. The molecule has 2 aromatic heterocycles.